The first-order valence-corrected chi connectivity index (χ1v) is 5.85. The number of hydrogen-bond donors (Lipinski definition) is 1. The average molecular weight is 337 g/mol. The normalized spacial score (nSPS) is 10.5. The van der Waals surface area contributed by atoms with E-state index >= 15 is 0 Å². The minimum atomic E-state index is -1.15. The molecular formula is C9H4BrCl2N3O2. The topological polar surface area (TPSA) is 68.0 Å². The highest BCUT2D eigenvalue weighted by atomic mass is 79.9. The highest BCUT2D eigenvalue weighted by Crippen LogP contribution is 2.34. The van der Waals surface area contributed by atoms with Gasteiger partial charge in [0, 0.05) is 4.47 Å². The van der Waals surface area contributed by atoms with Crippen molar-refractivity contribution in [1.82, 2.24) is 15.0 Å². The van der Waals surface area contributed by atoms with Crippen LogP contribution in [0.1, 0.15) is 10.5 Å². The van der Waals surface area contributed by atoms with Gasteiger partial charge in [-0.2, -0.15) is 0 Å². The number of benzene rings is 1. The molecule has 0 unspecified atom stereocenters. The predicted molar refractivity (Wildman–Crippen MR) is 66.0 cm³/mol. The summed E-state index contributed by atoms with van der Waals surface area (Å²) in [4.78, 5) is 10.9. The molecule has 1 aromatic heterocycles. The molecule has 0 saturated heterocycles. The van der Waals surface area contributed by atoms with Crippen molar-refractivity contribution in [2.75, 3.05) is 0 Å². The summed E-state index contributed by atoms with van der Waals surface area (Å²) >= 11 is 15.2. The van der Waals surface area contributed by atoms with Gasteiger partial charge < -0.3 is 5.11 Å². The largest absolute Gasteiger partial charge is 0.476 e. The van der Waals surface area contributed by atoms with E-state index in [-0.39, 0.29) is 15.7 Å². The van der Waals surface area contributed by atoms with Crippen molar-refractivity contribution in [2.45, 2.75) is 0 Å². The smallest absolute Gasteiger partial charge is 0.356 e. The fourth-order valence-corrected chi connectivity index (χ4v) is 2.09. The van der Waals surface area contributed by atoms with Crippen LogP contribution in [0.3, 0.4) is 0 Å². The van der Waals surface area contributed by atoms with Gasteiger partial charge in [0.1, 0.15) is 0 Å². The van der Waals surface area contributed by atoms with Crippen LogP contribution in [0, 0.1) is 0 Å². The maximum Gasteiger partial charge on any atom is 0.356 e. The van der Waals surface area contributed by atoms with Gasteiger partial charge in [-0.05, 0) is 28.1 Å². The Bertz CT molecular complexity index is 600. The first-order chi connectivity index (χ1) is 8.02. The van der Waals surface area contributed by atoms with Gasteiger partial charge >= 0.3 is 5.97 Å². The Balaban J connectivity index is 2.65. The highest BCUT2D eigenvalue weighted by molar-refractivity contribution is 9.10. The summed E-state index contributed by atoms with van der Waals surface area (Å²) in [6.45, 7) is 0. The summed E-state index contributed by atoms with van der Waals surface area (Å²) in [5.41, 5.74) is 0.264. The monoisotopic (exact) mass is 335 g/mol. The molecule has 1 N–H and O–H groups in total. The number of aromatic nitrogens is 3. The van der Waals surface area contributed by atoms with Gasteiger partial charge in [0.05, 0.1) is 21.9 Å². The maximum absolute atomic E-state index is 10.9. The number of halogens is 3. The molecule has 0 spiro atoms. The Morgan fingerprint density at radius 2 is 2.06 bits per heavy atom. The van der Waals surface area contributed by atoms with Crippen LogP contribution in [-0.4, -0.2) is 26.1 Å². The first kappa shape index (κ1) is 12.3. The number of aromatic carboxylic acids is 1. The van der Waals surface area contributed by atoms with Crippen molar-refractivity contribution in [2.24, 2.45) is 0 Å². The Kier molecular flexibility index (Phi) is 3.37. The highest BCUT2D eigenvalue weighted by Gasteiger charge is 2.17. The van der Waals surface area contributed by atoms with E-state index in [0.29, 0.717) is 10.2 Å². The predicted octanol–water partition coefficient (Wildman–Crippen LogP) is 3.03. The van der Waals surface area contributed by atoms with E-state index in [0.717, 1.165) is 10.9 Å². The number of nitrogens with zero attached hydrogens (tertiary/aromatic N) is 3. The molecule has 8 heteroatoms. The van der Waals surface area contributed by atoms with Gasteiger partial charge in [0.15, 0.2) is 5.69 Å². The third-order valence-electron chi connectivity index (χ3n) is 2.01. The van der Waals surface area contributed by atoms with Crippen molar-refractivity contribution in [3.05, 3.63) is 38.5 Å². The Hall–Kier alpha value is -1.11. The summed E-state index contributed by atoms with van der Waals surface area (Å²) in [6.07, 6.45) is 1.13. The zero-order valence-electron chi connectivity index (χ0n) is 8.06. The van der Waals surface area contributed by atoms with Crippen molar-refractivity contribution >= 4 is 45.1 Å². The van der Waals surface area contributed by atoms with Crippen LogP contribution in [0.25, 0.3) is 5.69 Å². The molecule has 0 aliphatic carbocycles. The molecule has 2 aromatic rings. The molecule has 0 fully saturated rings. The number of carboxylic acids is 1. The van der Waals surface area contributed by atoms with Crippen molar-refractivity contribution in [1.29, 1.82) is 0 Å². The van der Waals surface area contributed by atoms with Gasteiger partial charge in [-0.15, -0.1) is 5.10 Å². The van der Waals surface area contributed by atoms with Crippen molar-refractivity contribution in [3.63, 3.8) is 0 Å². The lowest BCUT2D eigenvalue weighted by atomic mass is 10.3. The summed E-state index contributed by atoms with van der Waals surface area (Å²) in [7, 11) is 0. The quantitative estimate of drug-likeness (QED) is 0.856. The van der Waals surface area contributed by atoms with E-state index in [9.17, 15) is 4.79 Å². The average Bonchev–Trinajstić information content (AvgIpc) is 2.75. The second-order valence-electron chi connectivity index (χ2n) is 3.03. The number of hydrogen-bond acceptors (Lipinski definition) is 3. The molecule has 88 valence electrons. The molecule has 17 heavy (non-hydrogen) atoms. The molecule has 0 bridgehead atoms. The summed E-state index contributed by atoms with van der Waals surface area (Å²) in [5, 5.41) is 16.6. The van der Waals surface area contributed by atoms with Crippen LogP contribution in [0.5, 0.6) is 0 Å². The van der Waals surface area contributed by atoms with Crippen LogP contribution in [0.4, 0.5) is 0 Å². The lowest BCUT2D eigenvalue weighted by Gasteiger charge is -2.07. The van der Waals surface area contributed by atoms with Gasteiger partial charge in [-0.3, -0.25) is 0 Å². The molecule has 0 amide bonds. The standard InChI is InChI=1S/C9H4BrCl2N3O2/c10-4-1-2-5(8(12)7(4)11)15-6(9(16)17)3-13-14-15/h1-3H,(H,16,17). The molecule has 1 heterocycles. The van der Waals surface area contributed by atoms with Crippen LogP contribution in [0.15, 0.2) is 22.8 Å². The van der Waals surface area contributed by atoms with Gasteiger partial charge in [-0.1, -0.05) is 28.4 Å². The molecule has 1 aromatic carbocycles. The molecule has 0 radical (unpaired) electrons. The molecule has 0 atom stereocenters. The summed E-state index contributed by atoms with van der Waals surface area (Å²) in [5.74, 6) is -1.15. The first-order valence-electron chi connectivity index (χ1n) is 4.30. The molecular weight excluding hydrogens is 333 g/mol. The molecule has 0 saturated carbocycles. The SMILES string of the molecule is O=C(O)c1cnnn1-c1ccc(Br)c(Cl)c1Cl. The summed E-state index contributed by atoms with van der Waals surface area (Å²) in [6, 6.07) is 3.25. The van der Waals surface area contributed by atoms with E-state index in [2.05, 4.69) is 26.2 Å². The Labute approximate surface area is 114 Å². The zero-order valence-corrected chi connectivity index (χ0v) is 11.2. The van der Waals surface area contributed by atoms with Gasteiger partial charge in [0.25, 0.3) is 0 Å². The zero-order chi connectivity index (χ0) is 12.6. The molecule has 0 aliphatic heterocycles. The van der Waals surface area contributed by atoms with Gasteiger partial charge in [0.2, 0.25) is 0 Å². The van der Waals surface area contributed by atoms with E-state index in [1.807, 2.05) is 0 Å². The molecule has 5 nitrogen and oxygen atoms in total. The summed E-state index contributed by atoms with van der Waals surface area (Å²) < 4.78 is 1.73. The van der Waals surface area contributed by atoms with Gasteiger partial charge in [-0.25, -0.2) is 9.48 Å². The van der Waals surface area contributed by atoms with Crippen molar-refractivity contribution < 1.29 is 9.90 Å². The number of carbonyl (C=O) groups is 1. The number of carboxylic acid groups (broad SMARTS) is 1. The fraction of sp³-hybridized carbons (Fsp3) is 0. The van der Waals surface area contributed by atoms with Crippen molar-refractivity contribution in [3.8, 4) is 5.69 Å². The van der Waals surface area contributed by atoms with Crippen LogP contribution >= 0.6 is 39.1 Å². The second kappa shape index (κ2) is 4.64. The van der Waals surface area contributed by atoms with E-state index < -0.39 is 5.97 Å². The number of rotatable bonds is 2. The Morgan fingerprint density at radius 1 is 1.35 bits per heavy atom. The maximum atomic E-state index is 10.9. The van der Waals surface area contributed by atoms with Crippen LogP contribution < -0.4 is 0 Å². The third-order valence-corrected chi connectivity index (χ3v) is 3.77. The fourth-order valence-electron chi connectivity index (χ4n) is 1.24. The van der Waals surface area contributed by atoms with E-state index in [1.165, 1.54) is 0 Å². The lowest BCUT2D eigenvalue weighted by molar-refractivity contribution is 0.0687. The second-order valence-corrected chi connectivity index (χ2v) is 4.64. The van der Waals surface area contributed by atoms with E-state index in [1.54, 1.807) is 12.1 Å². The van der Waals surface area contributed by atoms with Crippen LogP contribution in [0.2, 0.25) is 10.0 Å². The minimum Gasteiger partial charge on any atom is -0.476 e. The molecule has 2 rings (SSSR count). The third kappa shape index (κ3) is 2.15. The Morgan fingerprint density at radius 3 is 2.71 bits per heavy atom. The lowest BCUT2D eigenvalue weighted by Crippen LogP contribution is -2.08. The van der Waals surface area contributed by atoms with E-state index in [4.69, 9.17) is 28.3 Å². The minimum absolute atomic E-state index is 0.0923. The van der Waals surface area contributed by atoms with Crippen LogP contribution in [-0.2, 0) is 0 Å². The molecule has 0 aliphatic rings.